The zero-order valence-corrected chi connectivity index (χ0v) is 23.4. The van der Waals surface area contributed by atoms with E-state index in [9.17, 15) is 0 Å². The first-order chi connectivity index (χ1) is 17.8. The van der Waals surface area contributed by atoms with Crippen molar-refractivity contribution in [2.75, 3.05) is 29.8 Å². The standard InChI is InChI=1S/C31H36N5P/c1-23-17-18-27(24(2)21-23)33-37(35-19-11-12-20-35)29(22-32-36(37)25-13-7-6-8-14-25)30-31(3,4)26-15-9-10-16-28(26)34(30)5/h6-10,13-18,21-22H,11-12,19-20H2,1-5H3/b30-29-/t37-/m0/s1. The van der Waals surface area contributed by atoms with E-state index in [2.05, 4.69) is 128 Å². The summed E-state index contributed by atoms with van der Waals surface area (Å²) in [5.41, 5.74) is 8.41. The number of anilines is 2. The van der Waals surface area contributed by atoms with Crippen LogP contribution in [0.1, 0.15) is 43.4 Å². The number of allylic oxidation sites excluding steroid dienone is 2. The number of nitrogens with zero attached hydrogens (tertiary/aromatic N) is 5. The third kappa shape index (κ3) is 3.71. The van der Waals surface area contributed by atoms with Crippen molar-refractivity contribution in [3.8, 4) is 0 Å². The van der Waals surface area contributed by atoms with E-state index in [1.807, 2.05) is 0 Å². The molecule has 0 bridgehead atoms. The highest BCUT2D eigenvalue weighted by atomic mass is 31.2. The van der Waals surface area contributed by atoms with E-state index in [4.69, 9.17) is 9.85 Å². The Hall–Kier alpha value is -3.14. The van der Waals surface area contributed by atoms with Gasteiger partial charge >= 0.3 is 0 Å². The van der Waals surface area contributed by atoms with Gasteiger partial charge in [-0.15, -0.1) is 0 Å². The van der Waals surface area contributed by atoms with Crippen molar-refractivity contribution in [1.82, 2.24) is 4.67 Å². The average Bonchev–Trinajstić information content (AvgIpc) is 3.59. The first-order valence-corrected chi connectivity index (χ1v) is 14.9. The molecule has 0 spiro atoms. The van der Waals surface area contributed by atoms with Crippen molar-refractivity contribution < 1.29 is 0 Å². The van der Waals surface area contributed by atoms with Crippen molar-refractivity contribution in [3.05, 3.63) is 100 Å². The number of likely N-dealkylation sites (N-methyl/N-ethyl adjacent to an activating group) is 1. The fourth-order valence-corrected chi connectivity index (χ4v) is 10.3. The van der Waals surface area contributed by atoms with Gasteiger partial charge in [0.05, 0.1) is 22.9 Å². The monoisotopic (exact) mass is 509 g/mol. The Labute approximate surface area is 221 Å². The topological polar surface area (TPSA) is 34.4 Å². The fourth-order valence-electron chi connectivity index (χ4n) is 6.29. The molecular weight excluding hydrogens is 473 g/mol. The van der Waals surface area contributed by atoms with E-state index in [-0.39, 0.29) is 5.41 Å². The molecule has 1 saturated heterocycles. The van der Waals surface area contributed by atoms with Gasteiger partial charge in [-0.1, -0.05) is 67.9 Å². The molecule has 0 aliphatic carbocycles. The summed E-state index contributed by atoms with van der Waals surface area (Å²) in [6.07, 6.45) is 4.51. The zero-order valence-electron chi connectivity index (χ0n) is 22.5. The molecule has 190 valence electrons. The lowest BCUT2D eigenvalue weighted by Crippen LogP contribution is -2.30. The summed E-state index contributed by atoms with van der Waals surface area (Å²) < 4.78 is 10.7. The first-order valence-electron chi connectivity index (χ1n) is 13.3. The summed E-state index contributed by atoms with van der Waals surface area (Å²) in [5, 5.41) is 6.44. The van der Waals surface area contributed by atoms with Crippen LogP contribution in [0.3, 0.4) is 0 Å². The van der Waals surface area contributed by atoms with Crippen LogP contribution in [0.2, 0.25) is 0 Å². The van der Waals surface area contributed by atoms with Crippen molar-refractivity contribution >= 4 is 30.6 Å². The second kappa shape index (κ2) is 9.01. The number of benzene rings is 3. The second-order valence-corrected chi connectivity index (χ2v) is 13.7. The van der Waals surface area contributed by atoms with Crippen LogP contribution in [-0.2, 0) is 5.41 Å². The smallest absolute Gasteiger partial charge is 0.179 e. The van der Waals surface area contributed by atoms with Gasteiger partial charge in [-0.25, -0.2) is 14.2 Å². The summed E-state index contributed by atoms with van der Waals surface area (Å²) in [6.45, 7) is 11.1. The Kier molecular flexibility index (Phi) is 5.89. The van der Waals surface area contributed by atoms with Gasteiger partial charge in [0.2, 0.25) is 0 Å². The van der Waals surface area contributed by atoms with Crippen LogP contribution in [0.5, 0.6) is 0 Å². The molecule has 0 amide bonds. The molecule has 0 aromatic heterocycles. The third-order valence-corrected chi connectivity index (χ3v) is 11.6. The molecule has 37 heavy (non-hydrogen) atoms. The van der Waals surface area contributed by atoms with Crippen LogP contribution in [0.15, 0.2) is 93.7 Å². The number of aryl methyl sites for hydroxylation is 2. The van der Waals surface area contributed by atoms with E-state index in [1.54, 1.807) is 0 Å². The second-order valence-electron chi connectivity index (χ2n) is 10.9. The van der Waals surface area contributed by atoms with Gasteiger partial charge < -0.3 is 4.90 Å². The first kappa shape index (κ1) is 24.2. The van der Waals surface area contributed by atoms with E-state index in [1.165, 1.54) is 46.2 Å². The normalized spacial score (nSPS) is 24.7. The number of hydrogen-bond donors (Lipinski definition) is 0. The Morgan fingerprint density at radius 2 is 1.59 bits per heavy atom. The number of hydrazone groups is 1. The average molecular weight is 510 g/mol. The van der Waals surface area contributed by atoms with Gasteiger partial charge in [0, 0.05) is 36.9 Å². The quantitative estimate of drug-likeness (QED) is 0.334. The predicted octanol–water partition coefficient (Wildman–Crippen LogP) is 8.21. The Morgan fingerprint density at radius 3 is 2.30 bits per heavy atom. The molecule has 0 saturated carbocycles. The summed E-state index contributed by atoms with van der Waals surface area (Å²) in [7, 11) is -0.275. The largest absolute Gasteiger partial charge is 0.346 e. The van der Waals surface area contributed by atoms with Gasteiger partial charge in [0.15, 0.2) is 7.36 Å². The summed E-state index contributed by atoms with van der Waals surface area (Å²) in [6, 6.07) is 26.1. The zero-order chi connectivity index (χ0) is 25.8. The summed E-state index contributed by atoms with van der Waals surface area (Å²) in [5.74, 6) is 0. The van der Waals surface area contributed by atoms with Crippen LogP contribution >= 0.6 is 7.36 Å². The van der Waals surface area contributed by atoms with E-state index < -0.39 is 7.36 Å². The lowest BCUT2D eigenvalue weighted by atomic mass is 9.84. The number of hydrogen-bond acceptors (Lipinski definition) is 3. The Morgan fingerprint density at radius 1 is 0.892 bits per heavy atom. The molecule has 1 fully saturated rings. The molecular formula is C31H36N5P. The number of para-hydroxylation sites is 2. The van der Waals surface area contributed by atoms with Crippen LogP contribution in [0.4, 0.5) is 17.1 Å². The van der Waals surface area contributed by atoms with Crippen molar-refractivity contribution in [2.45, 2.75) is 46.0 Å². The van der Waals surface area contributed by atoms with Crippen molar-refractivity contribution in [3.63, 3.8) is 0 Å². The van der Waals surface area contributed by atoms with Crippen LogP contribution in [-0.4, -0.2) is 31.0 Å². The number of fused-ring (bicyclic) bond motifs is 1. The minimum absolute atomic E-state index is 0.164. The molecule has 3 heterocycles. The van der Waals surface area contributed by atoms with Crippen molar-refractivity contribution in [1.29, 1.82) is 0 Å². The van der Waals surface area contributed by atoms with Crippen molar-refractivity contribution in [2.24, 2.45) is 9.85 Å². The molecule has 3 aromatic rings. The molecule has 0 N–H and O–H groups in total. The van der Waals surface area contributed by atoms with E-state index in [0.29, 0.717) is 0 Å². The van der Waals surface area contributed by atoms with E-state index in [0.717, 1.165) is 24.5 Å². The lowest BCUT2D eigenvalue weighted by Gasteiger charge is -2.40. The van der Waals surface area contributed by atoms with Gasteiger partial charge in [0.1, 0.15) is 0 Å². The lowest BCUT2D eigenvalue weighted by molar-refractivity contribution is 0.558. The maximum atomic E-state index is 5.81. The highest BCUT2D eigenvalue weighted by Crippen LogP contribution is 2.71. The molecule has 3 aliphatic rings. The minimum atomic E-state index is -2.49. The molecule has 0 unspecified atom stereocenters. The number of rotatable bonds is 3. The Bertz CT molecular complexity index is 1460. The highest BCUT2D eigenvalue weighted by Gasteiger charge is 2.50. The predicted molar refractivity (Wildman–Crippen MR) is 158 cm³/mol. The third-order valence-electron chi connectivity index (χ3n) is 8.05. The SMILES string of the molecule is Cc1ccc(N=[P@]2(N3CCCC3)/C(=C3\N(C)c4ccccc4C3(C)C)C=NN2c2ccccc2)c(C)c1. The summed E-state index contributed by atoms with van der Waals surface area (Å²) >= 11 is 0. The van der Waals surface area contributed by atoms with E-state index >= 15 is 0 Å². The molecule has 0 radical (unpaired) electrons. The van der Waals surface area contributed by atoms with Gasteiger partial charge in [-0.2, -0.15) is 5.10 Å². The molecule has 6 rings (SSSR count). The molecule has 1 atom stereocenters. The fraction of sp³-hybridized carbons (Fsp3) is 0.323. The van der Waals surface area contributed by atoms with Gasteiger partial charge in [0.25, 0.3) is 0 Å². The van der Waals surface area contributed by atoms with Gasteiger partial charge in [-0.05, 0) is 62.1 Å². The maximum absolute atomic E-state index is 5.81. The maximum Gasteiger partial charge on any atom is 0.179 e. The molecule has 3 aliphatic heterocycles. The molecule has 5 nitrogen and oxygen atoms in total. The van der Waals surface area contributed by atoms with Crippen LogP contribution < -0.4 is 9.68 Å². The minimum Gasteiger partial charge on any atom is -0.346 e. The van der Waals surface area contributed by atoms with Crippen LogP contribution in [0.25, 0.3) is 0 Å². The Balaban J connectivity index is 1.70. The van der Waals surface area contributed by atoms with Gasteiger partial charge in [-0.3, -0.25) is 0 Å². The van der Waals surface area contributed by atoms with Crippen LogP contribution in [0, 0.1) is 13.8 Å². The molecule has 3 aromatic carbocycles. The highest BCUT2D eigenvalue weighted by molar-refractivity contribution is 7.71. The summed E-state index contributed by atoms with van der Waals surface area (Å²) in [4.78, 5) is 2.40. The molecule has 6 heteroatoms.